The Balaban J connectivity index is 1.38. The number of rotatable bonds is 14. The number of likely N-dealkylation sites (tertiary alicyclic amines) is 1. The molecule has 1 aliphatic heterocycles. The van der Waals surface area contributed by atoms with E-state index in [1.807, 2.05) is 6.92 Å². The first-order valence-electron chi connectivity index (χ1n) is 19.1. The minimum atomic E-state index is -3.56. The maximum atomic E-state index is 14.8. The van der Waals surface area contributed by atoms with E-state index in [1.165, 1.54) is 6.08 Å². The SMILES string of the molecule is C=CCNC(=O)C(=O)C(CC1CC1)NC(=O)[C@@H]1C2C(CN1C(=O)[C@@H](NC(=O)NC1(CS(=O)(=O)C(C)(C)C)CCCCC1)C1(C)CCCC1)C2(C)C. The fraction of sp³-hybridized carbons (Fsp3) is 0.816. The molecule has 12 nitrogen and oxygen atoms in total. The molecule has 0 aromatic carbocycles. The molecule has 0 aromatic rings. The number of amides is 5. The van der Waals surface area contributed by atoms with E-state index in [0.717, 1.165) is 44.9 Å². The van der Waals surface area contributed by atoms with Crippen molar-refractivity contribution in [2.45, 2.75) is 147 Å². The molecule has 0 aromatic heterocycles. The zero-order chi connectivity index (χ0) is 37.6. The number of urea groups is 1. The smallest absolute Gasteiger partial charge is 0.315 e. The van der Waals surface area contributed by atoms with Gasteiger partial charge in [0.15, 0.2) is 9.84 Å². The molecule has 5 amide bonds. The third kappa shape index (κ3) is 8.33. The lowest BCUT2D eigenvalue weighted by atomic mass is 9.79. The molecule has 5 fully saturated rings. The monoisotopic (exact) mass is 731 g/mol. The molecular weight excluding hydrogens is 671 g/mol. The lowest BCUT2D eigenvalue weighted by Crippen LogP contribution is -2.64. The van der Waals surface area contributed by atoms with Crippen molar-refractivity contribution >= 4 is 39.4 Å². The van der Waals surface area contributed by atoms with Crippen LogP contribution in [0.5, 0.6) is 0 Å². The van der Waals surface area contributed by atoms with E-state index in [2.05, 4.69) is 41.7 Å². The predicted octanol–water partition coefficient (Wildman–Crippen LogP) is 3.79. The summed E-state index contributed by atoms with van der Waals surface area (Å²) in [7, 11) is -3.56. The van der Waals surface area contributed by atoms with Crippen LogP contribution in [-0.2, 0) is 29.0 Å². The summed E-state index contributed by atoms with van der Waals surface area (Å²) in [5.41, 5.74) is -1.70. The average molecular weight is 732 g/mol. The van der Waals surface area contributed by atoms with Crippen molar-refractivity contribution in [1.29, 1.82) is 0 Å². The molecule has 1 saturated heterocycles. The largest absolute Gasteiger partial charge is 0.346 e. The van der Waals surface area contributed by atoms with Gasteiger partial charge >= 0.3 is 6.03 Å². The van der Waals surface area contributed by atoms with Gasteiger partial charge in [0.25, 0.3) is 5.91 Å². The normalized spacial score (nSPS) is 27.3. The molecule has 51 heavy (non-hydrogen) atoms. The van der Waals surface area contributed by atoms with E-state index >= 15 is 0 Å². The quantitative estimate of drug-likeness (QED) is 0.156. The highest BCUT2D eigenvalue weighted by atomic mass is 32.2. The lowest BCUT2D eigenvalue weighted by Gasteiger charge is -2.42. The summed E-state index contributed by atoms with van der Waals surface area (Å²) in [5.74, 6) is -2.27. The van der Waals surface area contributed by atoms with Crippen LogP contribution in [-0.4, -0.2) is 90.1 Å². The number of Topliss-reactive ketones (excluding diaryl/α,β-unsaturated/α-hetero) is 1. The summed E-state index contributed by atoms with van der Waals surface area (Å²) in [4.78, 5) is 70.5. The first-order valence-corrected chi connectivity index (χ1v) is 20.8. The lowest BCUT2D eigenvalue weighted by molar-refractivity contribution is -0.145. The fourth-order valence-electron chi connectivity index (χ4n) is 9.09. The molecule has 5 atom stereocenters. The Kier molecular flexibility index (Phi) is 11.1. The Bertz CT molecular complexity index is 1500. The number of carbonyl (C=O) groups is 5. The Hall–Kier alpha value is -2.96. The number of piperidine rings is 1. The van der Waals surface area contributed by atoms with E-state index in [-0.39, 0.29) is 41.4 Å². The van der Waals surface area contributed by atoms with Crippen molar-refractivity contribution in [3.8, 4) is 0 Å². The van der Waals surface area contributed by atoms with Crippen LogP contribution in [0.3, 0.4) is 0 Å². The molecule has 3 unspecified atom stereocenters. The van der Waals surface area contributed by atoms with Crippen LogP contribution in [0.2, 0.25) is 0 Å². The Morgan fingerprint density at radius 3 is 2.10 bits per heavy atom. The number of nitrogens with zero attached hydrogens (tertiary/aromatic N) is 1. The van der Waals surface area contributed by atoms with Crippen LogP contribution in [0.25, 0.3) is 0 Å². The summed E-state index contributed by atoms with van der Waals surface area (Å²) in [6.07, 6.45) is 10.5. The zero-order valence-electron chi connectivity index (χ0n) is 31.6. The number of fused-ring (bicyclic) bond motifs is 1. The van der Waals surface area contributed by atoms with Gasteiger partial charge in [0, 0.05) is 13.1 Å². The topological polar surface area (TPSA) is 171 Å². The molecule has 4 N–H and O–H groups in total. The highest BCUT2D eigenvalue weighted by Gasteiger charge is 2.70. The average Bonchev–Trinajstić information content (AvgIpc) is 3.80. The van der Waals surface area contributed by atoms with Crippen LogP contribution < -0.4 is 21.3 Å². The number of hydrogen-bond acceptors (Lipinski definition) is 7. The highest BCUT2D eigenvalue weighted by Crippen LogP contribution is 2.65. The Morgan fingerprint density at radius 2 is 1.53 bits per heavy atom. The van der Waals surface area contributed by atoms with Gasteiger partial charge < -0.3 is 26.2 Å². The van der Waals surface area contributed by atoms with E-state index in [4.69, 9.17) is 0 Å². The first kappa shape index (κ1) is 39.3. The minimum absolute atomic E-state index is 0.0737. The minimum Gasteiger partial charge on any atom is -0.346 e. The molecule has 13 heteroatoms. The second kappa shape index (κ2) is 14.5. The third-order valence-electron chi connectivity index (χ3n) is 12.8. The van der Waals surface area contributed by atoms with Crippen LogP contribution in [0.1, 0.15) is 119 Å². The van der Waals surface area contributed by atoms with Gasteiger partial charge in [0.05, 0.1) is 22.1 Å². The molecule has 5 rings (SSSR count). The van der Waals surface area contributed by atoms with Gasteiger partial charge in [-0.05, 0) is 81.5 Å². The van der Waals surface area contributed by atoms with E-state index in [9.17, 15) is 32.4 Å². The number of nitrogens with one attached hydrogen (secondary N) is 4. The predicted molar refractivity (Wildman–Crippen MR) is 195 cm³/mol. The number of ketones is 1. The molecule has 4 aliphatic carbocycles. The van der Waals surface area contributed by atoms with Gasteiger partial charge in [-0.2, -0.15) is 0 Å². The van der Waals surface area contributed by atoms with E-state index in [0.29, 0.717) is 38.6 Å². The van der Waals surface area contributed by atoms with Gasteiger partial charge in [-0.15, -0.1) is 6.58 Å². The fourth-order valence-corrected chi connectivity index (χ4v) is 10.6. The van der Waals surface area contributed by atoms with E-state index < -0.39 is 67.3 Å². The Labute approximate surface area is 304 Å². The summed E-state index contributed by atoms with van der Waals surface area (Å²) < 4.78 is 25.8. The van der Waals surface area contributed by atoms with Crippen molar-refractivity contribution in [1.82, 2.24) is 26.2 Å². The summed E-state index contributed by atoms with van der Waals surface area (Å²) in [5, 5.41) is 11.5. The van der Waals surface area contributed by atoms with Gasteiger partial charge in [-0.1, -0.05) is 71.8 Å². The van der Waals surface area contributed by atoms with Crippen LogP contribution in [0.15, 0.2) is 12.7 Å². The highest BCUT2D eigenvalue weighted by molar-refractivity contribution is 7.92. The van der Waals surface area contributed by atoms with Crippen LogP contribution in [0.4, 0.5) is 4.79 Å². The first-order chi connectivity index (χ1) is 23.8. The molecule has 0 radical (unpaired) electrons. The standard InChI is InChI=1S/C38H61N5O7S/c1-8-20-39-32(46)29(44)26(21-24-14-15-24)40-31(45)28-27-25(36(27,5)6)22-43(28)33(47)30(37(7)16-12-13-17-37)41-34(48)42-38(18-10-9-11-19-38)23-51(49,50)35(2,3)4/h8,24-28,30H,1,9-23H2,2-7H3,(H,39,46)(H,40,45)(H2,41,42,48)/t25?,26?,27?,28-,30+/m0/s1. The van der Waals surface area contributed by atoms with Gasteiger partial charge in [0.1, 0.15) is 12.1 Å². The van der Waals surface area contributed by atoms with Gasteiger partial charge in [-0.25, -0.2) is 13.2 Å². The summed E-state index contributed by atoms with van der Waals surface area (Å²) >= 11 is 0. The van der Waals surface area contributed by atoms with Crippen molar-refractivity contribution < 1.29 is 32.4 Å². The summed E-state index contributed by atoms with van der Waals surface area (Å²) in [6, 6.07) is -3.37. The maximum Gasteiger partial charge on any atom is 0.315 e. The van der Waals surface area contributed by atoms with E-state index in [1.54, 1.807) is 25.7 Å². The molecule has 286 valence electrons. The second-order valence-electron chi connectivity index (χ2n) is 18.1. The van der Waals surface area contributed by atoms with Crippen LogP contribution >= 0.6 is 0 Å². The van der Waals surface area contributed by atoms with Gasteiger partial charge in [0.2, 0.25) is 17.6 Å². The van der Waals surface area contributed by atoms with Crippen molar-refractivity contribution in [3.05, 3.63) is 12.7 Å². The molecule has 4 saturated carbocycles. The number of sulfone groups is 1. The summed E-state index contributed by atoms with van der Waals surface area (Å²) in [6.45, 7) is 15.2. The van der Waals surface area contributed by atoms with Gasteiger partial charge in [-0.3, -0.25) is 19.2 Å². The molecule has 0 bridgehead atoms. The van der Waals surface area contributed by atoms with Crippen molar-refractivity contribution in [2.75, 3.05) is 18.8 Å². The zero-order valence-corrected chi connectivity index (χ0v) is 32.4. The third-order valence-corrected chi connectivity index (χ3v) is 15.6. The second-order valence-corrected chi connectivity index (χ2v) is 20.8. The maximum absolute atomic E-state index is 14.8. The molecule has 1 heterocycles. The van der Waals surface area contributed by atoms with Crippen LogP contribution in [0, 0.1) is 28.6 Å². The van der Waals surface area contributed by atoms with Crippen molar-refractivity contribution in [2.24, 2.45) is 28.6 Å². The Morgan fingerprint density at radius 1 is 0.922 bits per heavy atom. The molecule has 5 aliphatic rings. The molecular formula is C38H61N5O7S. The number of hydrogen-bond donors (Lipinski definition) is 4. The number of carbonyl (C=O) groups excluding carboxylic acids is 5. The molecule has 0 spiro atoms. The van der Waals surface area contributed by atoms with Crippen molar-refractivity contribution in [3.63, 3.8) is 0 Å².